The van der Waals surface area contributed by atoms with E-state index in [1.165, 1.54) is 29.8 Å². The van der Waals surface area contributed by atoms with Gasteiger partial charge < -0.3 is 0 Å². The molecule has 0 atom stereocenters. The van der Waals surface area contributed by atoms with Gasteiger partial charge in [-0.1, -0.05) is 102 Å². The molecule has 5 rings (SSSR count). The molecular formula is C31H22ClF2PS. The van der Waals surface area contributed by atoms with Crippen molar-refractivity contribution in [1.29, 1.82) is 0 Å². The van der Waals surface area contributed by atoms with Crippen LogP contribution in [-0.4, -0.2) is 0 Å². The lowest BCUT2D eigenvalue weighted by molar-refractivity contribution is 0.628. The molecule has 0 amide bonds. The fraction of sp³-hybridized carbons (Fsp3) is 0.0323. The molecule has 0 bridgehead atoms. The molecule has 0 aliphatic heterocycles. The van der Waals surface area contributed by atoms with Crippen LogP contribution in [0.15, 0.2) is 136 Å². The summed E-state index contributed by atoms with van der Waals surface area (Å²) in [6.07, 6.45) is 7.05. The minimum absolute atomic E-state index is 0.271. The van der Waals surface area contributed by atoms with Gasteiger partial charge in [0.25, 0.3) is 0 Å². The van der Waals surface area contributed by atoms with Crippen molar-refractivity contribution in [2.75, 3.05) is 0 Å². The van der Waals surface area contributed by atoms with Gasteiger partial charge in [0, 0.05) is 21.3 Å². The Kier molecular flexibility index (Phi) is 7.82. The van der Waals surface area contributed by atoms with Crippen LogP contribution in [0.5, 0.6) is 0 Å². The monoisotopic (exact) mass is 530 g/mol. The molecular weight excluding hydrogens is 509 g/mol. The summed E-state index contributed by atoms with van der Waals surface area (Å²) in [5, 5.41) is 3.96. The predicted octanol–water partition coefficient (Wildman–Crippen LogP) is 8.31. The first-order valence-corrected chi connectivity index (χ1v) is 14.0. The van der Waals surface area contributed by atoms with Gasteiger partial charge in [0.05, 0.1) is 0 Å². The molecule has 36 heavy (non-hydrogen) atoms. The number of halogens is 3. The van der Waals surface area contributed by atoms with Gasteiger partial charge in [-0.05, 0) is 77.4 Å². The van der Waals surface area contributed by atoms with Crippen LogP contribution < -0.4 is 15.9 Å². The molecule has 0 fully saturated rings. The zero-order valence-electron chi connectivity index (χ0n) is 19.2. The van der Waals surface area contributed by atoms with Gasteiger partial charge in [-0.2, -0.15) is 0 Å². The Morgan fingerprint density at radius 3 is 1.72 bits per heavy atom. The second-order valence-electron chi connectivity index (χ2n) is 8.29. The van der Waals surface area contributed by atoms with Crippen molar-refractivity contribution in [2.24, 2.45) is 0 Å². The summed E-state index contributed by atoms with van der Waals surface area (Å²) >= 11 is 8.31. The lowest BCUT2D eigenvalue weighted by Gasteiger charge is -2.20. The Balaban J connectivity index is 1.36. The maximum Gasteiger partial charge on any atom is 0.123 e. The molecule has 4 aromatic rings. The third-order valence-corrected chi connectivity index (χ3v) is 9.72. The van der Waals surface area contributed by atoms with Gasteiger partial charge in [-0.25, -0.2) is 8.78 Å². The van der Waals surface area contributed by atoms with Crippen LogP contribution in [0.4, 0.5) is 8.78 Å². The Bertz CT molecular complexity index is 1380. The molecule has 0 aromatic heterocycles. The molecule has 0 saturated carbocycles. The molecule has 0 spiro atoms. The van der Waals surface area contributed by atoms with Crippen molar-refractivity contribution < 1.29 is 8.78 Å². The third kappa shape index (κ3) is 6.05. The van der Waals surface area contributed by atoms with E-state index < -0.39 is 7.92 Å². The molecule has 0 heterocycles. The Hall–Kier alpha value is -2.97. The minimum atomic E-state index is -0.944. The lowest BCUT2D eigenvalue weighted by atomic mass is 10.0. The van der Waals surface area contributed by atoms with Crippen molar-refractivity contribution in [3.8, 4) is 0 Å². The maximum absolute atomic E-state index is 13.6. The minimum Gasteiger partial charge on any atom is -0.207 e. The van der Waals surface area contributed by atoms with Crippen LogP contribution in [0.25, 0.3) is 6.08 Å². The summed E-state index contributed by atoms with van der Waals surface area (Å²) in [4.78, 5) is 2.12. The van der Waals surface area contributed by atoms with E-state index in [9.17, 15) is 8.78 Å². The second kappa shape index (κ2) is 11.4. The highest BCUT2D eigenvalue weighted by Crippen LogP contribution is 2.39. The van der Waals surface area contributed by atoms with E-state index in [1.54, 1.807) is 11.8 Å². The highest BCUT2D eigenvalue weighted by atomic mass is 35.5. The lowest BCUT2D eigenvalue weighted by Crippen LogP contribution is -2.20. The summed E-state index contributed by atoms with van der Waals surface area (Å²) in [5.74, 6) is -0.543. The van der Waals surface area contributed by atoms with E-state index in [-0.39, 0.29) is 11.6 Å². The van der Waals surface area contributed by atoms with Crippen molar-refractivity contribution in [1.82, 2.24) is 0 Å². The summed E-state index contributed by atoms with van der Waals surface area (Å²) < 4.78 is 27.2. The molecule has 0 nitrogen and oxygen atoms in total. The largest absolute Gasteiger partial charge is 0.207 e. The summed E-state index contributed by atoms with van der Waals surface area (Å²) in [6.45, 7) is 0. The first-order chi connectivity index (χ1) is 17.5. The first-order valence-electron chi connectivity index (χ1n) is 11.5. The Labute approximate surface area is 220 Å². The van der Waals surface area contributed by atoms with E-state index in [2.05, 4.69) is 54.6 Å². The normalized spacial score (nSPS) is 14.6. The van der Waals surface area contributed by atoms with E-state index >= 15 is 0 Å². The standard InChI is InChI=1S/C31H22ClF2PS/c32-30-21-23(20-22-4-2-1-3-5-22)6-19-31(30)36-29-17-15-28(16-18-29)35(26-11-7-24(33)8-12-26)27-13-9-25(34)10-14-27/h1-20H,21H2. The maximum atomic E-state index is 13.6. The van der Waals surface area contributed by atoms with Crippen LogP contribution in [0, 0.1) is 11.6 Å². The van der Waals surface area contributed by atoms with Crippen LogP contribution in [0.2, 0.25) is 0 Å². The summed E-state index contributed by atoms with van der Waals surface area (Å²) in [6, 6.07) is 31.7. The SMILES string of the molecule is Fc1ccc(P(c2ccc(F)cc2)c2ccc(SC3=C(Cl)CC(=Cc4ccccc4)C=C3)cc2)cc1. The zero-order valence-corrected chi connectivity index (χ0v) is 21.7. The Morgan fingerprint density at radius 2 is 1.19 bits per heavy atom. The van der Waals surface area contributed by atoms with E-state index in [4.69, 9.17) is 11.6 Å². The van der Waals surface area contributed by atoms with E-state index in [0.29, 0.717) is 6.42 Å². The van der Waals surface area contributed by atoms with Crippen LogP contribution >= 0.6 is 31.3 Å². The average Bonchev–Trinajstić information content (AvgIpc) is 2.90. The average molecular weight is 531 g/mol. The highest BCUT2D eigenvalue weighted by molar-refractivity contribution is 8.03. The van der Waals surface area contributed by atoms with E-state index in [1.807, 2.05) is 42.5 Å². The number of benzene rings is 4. The first kappa shape index (κ1) is 24.7. The summed E-state index contributed by atoms with van der Waals surface area (Å²) in [7, 11) is -0.944. The highest BCUT2D eigenvalue weighted by Gasteiger charge is 2.18. The third-order valence-electron chi connectivity index (χ3n) is 5.72. The van der Waals surface area contributed by atoms with Crippen molar-refractivity contribution in [2.45, 2.75) is 11.3 Å². The molecule has 0 unspecified atom stereocenters. The van der Waals surface area contributed by atoms with E-state index in [0.717, 1.165) is 36.3 Å². The quantitative estimate of drug-likeness (QED) is 0.226. The fourth-order valence-electron chi connectivity index (χ4n) is 3.97. The Morgan fingerprint density at radius 1 is 0.667 bits per heavy atom. The van der Waals surface area contributed by atoms with Crippen molar-refractivity contribution in [3.63, 3.8) is 0 Å². The number of allylic oxidation sites excluding steroid dienone is 4. The van der Waals surface area contributed by atoms with Crippen LogP contribution in [-0.2, 0) is 0 Å². The molecule has 1 aliphatic rings. The number of hydrogen-bond acceptors (Lipinski definition) is 1. The second-order valence-corrected chi connectivity index (χ2v) is 12.1. The van der Waals surface area contributed by atoms with Crippen molar-refractivity contribution >= 4 is 53.3 Å². The fourth-order valence-corrected chi connectivity index (χ4v) is 7.38. The molecule has 5 heteroatoms. The van der Waals surface area contributed by atoms with Crippen LogP contribution in [0.3, 0.4) is 0 Å². The summed E-state index contributed by atoms with van der Waals surface area (Å²) in [5.41, 5.74) is 2.34. The topological polar surface area (TPSA) is 0 Å². The molecule has 1 aliphatic carbocycles. The van der Waals surface area contributed by atoms with Gasteiger partial charge in [-0.15, -0.1) is 0 Å². The number of hydrogen-bond donors (Lipinski definition) is 0. The molecule has 0 radical (unpaired) electrons. The van der Waals surface area contributed by atoms with Crippen LogP contribution in [0.1, 0.15) is 12.0 Å². The van der Waals surface area contributed by atoms with Gasteiger partial charge in [-0.3, -0.25) is 0 Å². The van der Waals surface area contributed by atoms with Gasteiger partial charge in [0.1, 0.15) is 11.6 Å². The number of thioether (sulfide) groups is 1. The molecule has 0 saturated heterocycles. The van der Waals surface area contributed by atoms with Gasteiger partial charge in [0.15, 0.2) is 0 Å². The number of rotatable bonds is 6. The van der Waals surface area contributed by atoms with Gasteiger partial charge >= 0.3 is 0 Å². The predicted molar refractivity (Wildman–Crippen MR) is 152 cm³/mol. The molecule has 4 aromatic carbocycles. The zero-order chi connectivity index (χ0) is 24.9. The smallest absolute Gasteiger partial charge is 0.123 e. The molecule has 0 N–H and O–H groups in total. The van der Waals surface area contributed by atoms with Gasteiger partial charge in [0.2, 0.25) is 0 Å². The van der Waals surface area contributed by atoms with Crippen molar-refractivity contribution in [3.05, 3.63) is 148 Å². The molecule has 178 valence electrons.